The number of carbonyl (C=O) groups is 3. The summed E-state index contributed by atoms with van der Waals surface area (Å²) in [4.78, 5) is 37.9. The lowest BCUT2D eigenvalue weighted by atomic mass is 10.00. The maximum atomic E-state index is 12.2. The van der Waals surface area contributed by atoms with Crippen LogP contribution in [0, 0.1) is 6.92 Å². The zero-order valence-corrected chi connectivity index (χ0v) is 16.7. The van der Waals surface area contributed by atoms with E-state index in [-0.39, 0.29) is 5.91 Å². The van der Waals surface area contributed by atoms with Gasteiger partial charge in [-0.25, -0.2) is 0 Å². The maximum Gasteiger partial charge on any atom is 0.313 e. The van der Waals surface area contributed by atoms with Crippen molar-refractivity contribution in [1.29, 1.82) is 0 Å². The zero-order valence-electron chi connectivity index (χ0n) is 16.7. The molecule has 0 unspecified atom stereocenters. The Bertz CT molecular complexity index is 926. The Morgan fingerprint density at radius 1 is 0.931 bits per heavy atom. The highest BCUT2D eigenvalue weighted by molar-refractivity contribution is 6.39. The summed E-state index contributed by atoms with van der Waals surface area (Å²) in [6, 6.07) is 13.5. The van der Waals surface area contributed by atoms with Gasteiger partial charge in [-0.05, 0) is 42.2 Å². The van der Waals surface area contributed by atoms with Crippen LogP contribution in [0.25, 0.3) is 0 Å². The van der Waals surface area contributed by atoms with Crippen molar-refractivity contribution in [3.8, 4) is 0 Å². The highest BCUT2D eigenvalue weighted by Crippen LogP contribution is 2.23. The normalized spacial score (nSPS) is 13.3. The number of benzene rings is 2. The smallest absolute Gasteiger partial charge is 0.313 e. The highest BCUT2D eigenvalue weighted by atomic mass is 16.2. The quantitative estimate of drug-likeness (QED) is 0.677. The average Bonchev–Trinajstić information content (AvgIpc) is 2.70. The van der Waals surface area contributed by atoms with Gasteiger partial charge in [0, 0.05) is 44.5 Å². The minimum atomic E-state index is -0.725. The van der Waals surface area contributed by atoms with Crippen LogP contribution < -0.4 is 16.0 Å². The molecule has 2 aromatic rings. The predicted molar refractivity (Wildman–Crippen MR) is 113 cm³/mol. The van der Waals surface area contributed by atoms with Crippen LogP contribution >= 0.6 is 0 Å². The Morgan fingerprint density at radius 2 is 1.62 bits per heavy atom. The Hall–Kier alpha value is -3.19. The van der Waals surface area contributed by atoms with E-state index in [9.17, 15) is 14.4 Å². The number of nitrogens with zero attached hydrogens (tertiary/aromatic N) is 1. The van der Waals surface area contributed by atoms with E-state index in [1.807, 2.05) is 6.07 Å². The van der Waals surface area contributed by atoms with Gasteiger partial charge in [0.1, 0.15) is 0 Å². The summed E-state index contributed by atoms with van der Waals surface area (Å²) in [5.74, 6) is -1.60. The Kier molecular flexibility index (Phi) is 6.61. The monoisotopic (exact) mass is 394 g/mol. The van der Waals surface area contributed by atoms with E-state index >= 15 is 0 Å². The lowest BCUT2D eigenvalue weighted by Gasteiger charge is -2.28. The number of nitrogens with one attached hydrogen (secondary N) is 3. The fourth-order valence-electron chi connectivity index (χ4n) is 3.43. The molecule has 3 N–H and O–H groups in total. The molecule has 0 radical (unpaired) electrons. The molecule has 0 saturated carbocycles. The average molecular weight is 394 g/mol. The molecule has 0 atom stereocenters. The van der Waals surface area contributed by atoms with Crippen molar-refractivity contribution in [2.45, 2.75) is 26.8 Å². The van der Waals surface area contributed by atoms with Crippen LogP contribution in [0.1, 0.15) is 23.6 Å². The topological polar surface area (TPSA) is 90.5 Å². The van der Waals surface area contributed by atoms with Gasteiger partial charge in [0.15, 0.2) is 0 Å². The minimum Gasteiger partial charge on any atom is -0.347 e. The van der Waals surface area contributed by atoms with Crippen LogP contribution in [0.5, 0.6) is 0 Å². The van der Waals surface area contributed by atoms with Crippen molar-refractivity contribution in [2.75, 3.05) is 30.3 Å². The van der Waals surface area contributed by atoms with Crippen LogP contribution in [0.4, 0.5) is 11.4 Å². The van der Waals surface area contributed by atoms with E-state index in [2.05, 4.69) is 39.0 Å². The largest absolute Gasteiger partial charge is 0.347 e. The molecule has 7 nitrogen and oxygen atoms in total. The Labute approximate surface area is 170 Å². The van der Waals surface area contributed by atoms with E-state index in [4.69, 9.17) is 0 Å². The van der Waals surface area contributed by atoms with Crippen LogP contribution in [-0.2, 0) is 27.3 Å². The first-order valence-corrected chi connectivity index (χ1v) is 9.69. The SMILES string of the molecule is CC(=O)Nc1cccc(NC(=O)C(=O)NCCN2CCc3ccccc3C2)c1C. The van der Waals surface area contributed by atoms with Gasteiger partial charge in [-0.15, -0.1) is 0 Å². The lowest BCUT2D eigenvalue weighted by Crippen LogP contribution is -2.41. The zero-order chi connectivity index (χ0) is 20.8. The van der Waals surface area contributed by atoms with Crippen LogP contribution in [0.3, 0.4) is 0 Å². The molecule has 3 amide bonds. The highest BCUT2D eigenvalue weighted by Gasteiger charge is 2.18. The van der Waals surface area contributed by atoms with Gasteiger partial charge in [0.25, 0.3) is 0 Å². The van der Waals surface area contributed by atoms with E-state index in [1.54, 1.807) is 25.1 Å². The number of fused-ring (bicyclic) bond motifs is 1. The fourth-order valence-corrected chi connectivity index (χ4v) is 3.43. The van der Waals surface area contributed by atoms with Gasteiger partial charge in [0.05, 0.1) is 0 Å². The third-order valence-corrected chi connectivity index (χ3v) is 5.02. The van der Waals surface area contributed by atoms with Crippen LogP contribution in [0.2, 0.25) is 0 Å². The van der Waals surface area contributed by atoms with E-state index in [1.165, 1.54) is 18.1 Å². The second kappa shape index (κ2) is 9.34. The molecule has 0 aliphatic carbocycles. The van der Waals surface area contributed by atoms with E-state index in [0.29, 0.717) is 30.0 Å². The molecule has 3 rings (SSSR count). The number of hydrogen-bond donors (Lipinski definition) is 3. The van der Waals surface area contributed by atoms with Crippen molar-refractivity contribution in [3.63, 3.8) is 0 Å². The maximum absolute atomic E-state index is 12.2. The standard InChI is InChI=1S/C22H26N4O3/c1-15-19(24-16(2)27)8-5-9-20(15)25-22(29)21(28)23-11-13-26-12-10-17-6-3-4-7-18(17)14-26/h3-9H,10-14H2,1-2H3,(H,23,28)(H,24,27)(H,25,29). The molecule has 152 valence electrons. The first kappa shape index (κ1) is 20.5. The molecule has 1 aliphatic heterocycles. The number of anilines is 2. The summed E-state index contributed by atoms with van der Waals surface area (Å²) < 4.78 is 0. The van der Waals surface area contributed by atoms with E-state index < -0.39 is 11.8 Å². The lowest BCUT2D eigenvalue weighted by molar-refractivity contribution is -0.136. The summed E-state index contributed by atoms with van der Waals surface area (Å²) in [5, 5.41) is 7.98. The summed E-state index contributed by atoms with van der Waals surface area (Å²) in [6.07, 6.45) is 0.995. The molecule has 7 heteroatoms. The third kappa shape index (κ3) is 5.42. The van der Waals surface area contributed by atoms with Gasteiger partial charge < -0.3 is 16.0 Å². The van der Waals surface area contributed by atoms with Gasteiger partial charge in [0.2, 0.25) is 5.91 Å². The second-order valence-corrected chi connectivity index (χ2v) is 7.16. The fraction of sp³-hybridized carbons (Fsp3) is 0.318. The Morgan fingerprint density at radius 3 is 2.34 bits per heavy atom. The summed E-state index contributed by atoms with van der Waals surface area (Å²) in [7, 11) is 0. The molecular formula is C22H26N4O3. The van der Waals surface area contributed by atoms with E-state index in [0.717, 1.165) is 19.5 Å². The van der Waals surface area contributed by atoms with Crippen molar-refractivity contribution >= 4 is 29.1 Å². The van der Waals surface area contributed by atoms with Crippen molar-refractivity contribution in [3.05, 3.63) is 59.2 Å². The molecule has 1 aliphatic rings. The molecular weight excluding hydrogens is 368 g/mol. The molecule has 0 spiro atoms. The van der Waals surface area contributed by atoms with Crippen molar-refractivity contribution < 1.29 is 14.4 Å². The third-order valence-electron chi connectivity index (χ3n) is 5.02. The predicted octanol–water partition coefficient (Wildman–Crippen LogP) is 2.07. The van der Waals surface area contributed by atoms with Crippen LogP contribution in [0.15, 0.2) is 42.5 Å². The van der Waals surface area contributed by atoms with Gasteiger partial charge >= 0.3 is 11.8 Å². The molecule has 1 heterocycles. The Balaban J connectivity index is 1.48. The van der Waals surface area contributed by atoms with Crippen molar-refractivity contribution in [1.82, 2.24) is 10.2 Å². The number of carbonyl (C=O) groups excluding carboxylic acids is 3. The molecule has 0 aromatic heterocycles. The first-order valence-electron chi connectivity index (χ1n) is 9.69. The molecule has 0 bridgehead atoms. The van der Waals surface area contributed by atoms with Gasteiger partial charge in [-0.3, -0.25) is 19.3 Å². The van der Waals surface area contributed by atoms with Gasteiger partial charge in [-0.2, -0.15) is 0 Å². The number of hydrogen-bond acceptors (Lipinski definition) is 4. The molecule has 29 heavy (non-hydrogen) atoms. The first-order chi connectivity index (χ1) is 13.9. The van der Waals surface area contributed by atoms with Gasteiger partial charge in [-0.1, -0.05) is 30.3 Å². The molecule has 2 aromatic carbocycles. The molecule has 0 saturated heterocycles. The van der Waals surface area contributed by atoms with Crippen LogP contribution in [-0.4, -0.2) is 42.3 Å². The second-order valence-electron chi connectivity index (χ2n) is 7.16. The number of amides is 3. The molecule has 0 fully saturated rings. The summed E-state index contributed by atoms with van der Waals surface area (Å²) in [6.45, 7) is 6.07. The number of rotatable bonds is 5. The van der Waals surface area contributed by atoms with Crippen molar-refractivity contribution in [2.24, 2.45) is 0 Å². The minimum absolute atomic E-state index is 0.199. The summed E-state index contributed by atoms with van der Waals surface area (Å²) >= 11 is 0. The summed E-state index contributed by atoms with van der Waals surface area (Å²) in [5.41, 5.74) is 4.47.